The van der Waals surface area contributed by atoms with Crippen LogP contribution >= 0.6 is 23.2 Å². The summed E-state index contributed by atoms with van der Waals surface area (Å²) in [7, 11) is 0. The Morgan fingerprint density at radius 2 is 1.59 bits per heavy atom. The van der Waals surface area contributed by atoms with Crippen molar-refractivity contribution in [2.45, 2.75) is 13.1 Å². The van der Waals surface area contributed by atoms with Crippen LogP contribution in [0.5, 0.6) is 0 Å². The van der Waals surface area contributed by atoms with Gasteiger partial charge in [0, 0.05) is 36.2 Å². The molecule has 4 aromatic rings. The minimum Gasteiger partial charge on any atom is -0.367 e. The van der Waals surface area contributed by atoms with E-state index in [1.165, 1.54) is 6.07 Å². The Hall–Kier alpha value is -2.60. The highest BCUT2D eigenvalue weighted by atomic mass is 35.5. The van der Waals surface area contributed by atoms with Crippen LogP contribution in [0, 0.1) is 5.82 Å². The number of anilines is 1. The molecule has 1 fully saturated rings. The molecule has 0 unspecified atom stereocenters. The molecule has 0 N–H and O–H groups in total. The van der Waals surface area contributed by atoms with Crippen LogP contribution in [-0.2, 0) is 13.1 Å². The maximum atomic E-state index is 14.2. The van der Waals surface area contributed by atoms with Crippen LogP contribution in [0.4, 0.5) is 10.1 Å². The van der Waals surface area contributed by atoms with E-state index in [1.54, 1.807) is 12.1 Å². The van der Waals surface area contributed by atoms with Gasteiger partial charge in [-0.05, 0) is 42.0 Å². The molecular weight excluding hydrogens is 446 g/mol. The van der Waals surface area contributed by atoms with E-state index in [0.29, 0.717) is 22.3 Å². The summed E-state index contributed by atoms with van der Waals surface area (Å²) < 4.78 is 16.4. The largest absolute Gasteiger partial charge is 0.367 e. The topological polar surface area (TPSA) is 24.3 Å². The number of aromatic nitrogens is 2. The van der Waals surface area contributed by atoms with E-state index in [4.69, 9.17) is 28.2 Å². The summed E-state index contributed by atoms with van der Waals surface area (Å²) in [6.07, 6.45) is 0. The molecule has 3 aromatic carbocycles. The molecule has 0 spiro atoms. The average Bonchev–Trinajstić information content (AvgIpc) is 3.13. The lowest BCUT2D eigenvalue weighted by molar-refractivity contribution is 0.241. The molecule has 2 heterocycles. The van der Waals surface area contributed by atoms with Gasteiger partial charge in [-0.1, -0.05) is 53.5 Å². The lowest BCUT2D eigenvalue weighted by Gasteiger charge is -2.36. The molecule has 0 aliphatic carbocycles. The number of rotatable bonds is 5. The Balaban J connectivity index is 1.37. The smallest absolute Gasteiger partial charge is 0.146 e. The molecule has 1 saturated heterocycles. The van der Waals surface area contributed by atoms with E-state index in [2.05, 4.69) is 20.4 Å². The average molecular weight is 469 g/mol. The first-order valence-electron chi connectivity index (χ1n) is 10.7. The second-order valence-corrected chi connectivity index (χ2v) is 8.90. The third kappa shape index (κ3) is 4.33. The maximum absolute atomic E-state index is 14.2. The second-order valence-electron chi connectivity index (χ2n) is 8.05. The first-order chi connectivity index (χ1) is 15.6. The second kappa shape index (κ2) is 9.10. The Morgan fingerprint density at radius 1 is 0.844 bits per heavy atom. The third-order valence-electron chi connectivity index (χ3n) is 6.01. The summed E-state index contributed by atoms with van der Waals surface area (Å²) in [5, 5.41) is 1.28. The minimum atomic E-state index is -0.164. The van der Waals surface area contributed by atoms with E-state index in [9.17, 15) is 4.39 Å². The van der Waals surface area contributed by atoms with Gasteiger partial charge in [-0.2, -0.15) is 0 Å². The molecule has 5 rings (SSSR count). The van der Waals surface area contributed by atoms with Crippen molar-refractivity contribution in [3.63, 3.8) is 0 Å². The standard InChI is InChI=1S/C25H23Cl2FN4/c26-19-10-9-18(20(27)15-19)16-32-24-8-4-2-6-22(24)29-25(32)17-30-11-13-31(14-12-30)23-7-3-1-5-21(23)28/h1-10,15H,11-14,16-17H2. The fourth-order valence-corrected chi connectivity index (χ4v) is 4.77. The first-order valence-corrected chi connectivity index (χ1v) is 11.4. The van der Waals surface area contributed by atoms with Gasteiger partial charge in [0.25, 0.3) is 0 Å². The molecule has 0 atom stereocenters. The van der Waals surface area contributed by atoms with Crippen molar-refractivity contribution in [2.75, 3.05) is 31.1 Å². The molecule has 164 valence electrons. The molecule has 4 nitrogen and oxygen atoms in total. The molecule has 1 aliphatic heterocycles. The fraction of sp³-hybridized carbons (Fsp3) is 0.240. The van der Waals surface area contributed by atoms with Crippen molar-refractivity contribution < 1.29 is 4.39 Å². The zero-order valence-electron chi connectivity index (χ0n) is 17.5. The molecule has 0 amide bonds. The SMILES string of the molecule is Fc1ccccc1N1CCN(Cc2nc3ccccc3n2Cc2ccc(Cl)cc2Cl)CC1. The number of fused-ring (bicyclic) bond motifs is 1. The van der Waals surface area contributed by atoms with Crippen LogP contribution < -0.4 is 4.90 Å². The molecule has 1 aromatic heterocycles. The number of piperazine rings is 1. The molecular formula is C25H23Cl2FN4. The van der Waals surface area contributed by atoms with Crippen molar-refractivity contribution in [1.82, 2.24) is 14.5 Å². The van der Waals surface area contributed by atoms with E-state index in [-0.39, 0.29) is 5.82 Å². The van der Waals surface area contributed by atoms with Crippen molar-refractivity contribution in [1.29, 1.82) is 0 Å². The number of imidazole rings is 1. The summed E-state index contributed by atoms with van der Waals surface area (Å²) >= 11 is 12.5. The highest BCUT2D eigenvalue weighted by Crippen LogP contribution is 2.26. The summed E-state index contributed by atoms with van der Waals surface area (Å²) in [4.78, 5) is 9.41. The molecule has 0 bridgehead atoms. The van der Waals surface area contributed by atoms with Gasteiger partial charge in [-0.15, -0.1) is 0 Å². The summed E-state index contributed by atoms with van der Waals surface area (Å²) in [5.74, 6) is 0.833. The number of para-hydroxylation sites is 3. The number of nitrogens with zero attached hydrogens (tertiary/aromatic N) is 4. The summed E-state index contributed by atoms with van der Waals surface area (Å²) in [5.41, 5.74) is 3.73. The zero-order valence-corrected chi connectivity index (χ0v) is 19.0. The van der Waals surface area contributed by atoms with Gasteiger partial charge in [0.15, 0.2) is 0 Å². The summed E-state index contributed by atoms with van der Waals surface area (Å²) in [6.45, 7) is 4.61. The normalized spacial score (nSPS) is 14.9. The predicted octanol–water partition coefficient (Wildman–Crippen LogP) is 5.85. The Bertz CT molecular complexity index is 1250. The highest BCUT2D eigenvalue weighted by Gasteiger charge is 2.22. The highest BCUT2D eigenvalue weighted by molar-refractivity contribution is 6.35. The summed E-state index contributed by atoms with van der Waals surface area (Å²) in [6, 6.07) is 20.8. The van der Waals surface area contributed by atoms with Crippen LogP contribution in [0.15, 0.2) is 66.7 Å². The van der Waals surface area contributed by atoms with Crippen LogP contribution in [0.25, 0.3) is 11.0 Å². The van der Waals surface area contributed by atoms with Gasteiger partial charge in [0.05, 0.1) is 29.8 Å². The third-order valence-corrected chi connectivity index (χ3v) is 6.59. The van der Waals surface area contributed by atoms with E-state index < -0.39 is 0 Å². The molecule has 7 heteroatoms. The predicted molar refractivity (Wildman–Crippen MR) is 129 cm³/mol. The van der Waals surface area contributed by atoms with Gasteiger partial charge in [-0.3, -0.25) is 4.90 Å². The molecule has 32 heavy (non-hydrogen) atoms. The lowest BCUT2D eigenvalue weighted by Crippen LogP contribution is -2.46. The Kier molecular flexibility index (Phi) is 6.05. The molecule has 0 radical (unpaired) electrons. The van der Waals surface area contributed by atoms with Crippen LogP contribution in [0.2, 0.25) is 10.0 Å². The van der Waals surface area contributed by atoms with Gasteiger partial charge >= 0.3 is 0 Å². The first kappa shape index (κ1) is 21.3. The molecule has 1 aliphatic rings. The lowest BCUT2D eigenvalue weighted by atomic mass is 10.2. The maximum Gasteiger partial charge on any atom is 0.146 e. The monoisotopic (exact) mass is 468 g/mol. The van der Waals surface area contributed by atoms with Crippen molar-refractivity contribution >= 4 is 39.9 Å². The number of hydrogen-bond donors (Lipinski definition) is 0. The minimum absolute atomic E-state index is 0.164. The van der Waals surface area contributed by atoms with E-state index in [0.717, 1.165) is 55.1 Å². The molecule has 0 saturated carbocycles. The van der Waals surface area contributed by atoms with Gasteiger partial charge in [0.2, 0.25) is 0 Å². The Labute approximate surface area is 196 Å². The van der Waals surface area contributed by atoms with E-state index >= 15 is 0 Å². The van der Waals surface area contributed by atoms with Crippen LogP contribution in [0.3, 0.4) is 0 Å². The number of benzene rings is 3. The zero-order chi connectivity index (χ0) is 22.1. The van der Waals surface area contributed by atoms with Crippen LogP contribution in [-0.4, -0.2) is 40.6 Å². The fourth-order valence-electron chi connectivity index (χ4n) is 4.30. The quantitative estimate of drug-likeness (QED) is 0.366. The van der Waals surface area contributed by atoms with Gasteiger partial charge in [-0.25, -0.2) is 9.37 Å². The van der Waals surface area contributed by atoms with Crippen LogP contribution in [0.1, 0.15) is 11.4 Å². The van der Waals surface area contributed by atoms with Crippen molar-refractivity contribution in [3.05, 3.63) is 94.0 Å². The van der Waals surface area contributed by atoms with Crippen molar-refractivity contribution in [2.24, 2.45) is 0 Å². The van der Waals surface area contributed by atoms with Gasteiger partial charge < -0.3 is 9.47 Å². The number of halogens is 3. The number of hydrogen-bond acceptors (Lipinski definition) is 3. The Morgan fingerprint density at radius 3 is 2.38 bits per heavy atom. The van der Waals surface area contributed by atoms with Crippen molar-refractivity contribution in [3.8, 4) is 0 Å². The van der Waals surface area contributed by atoms with Gasteiger partial charge in [0.1, 0.15) is 11.6 Å². The van der Waals surface area contributed by atoms with E-state index in [1.807, 2.05) is 42.5 Å².